The van der Waals surface area contributed by atoms with Crippen LogP contribution in [0.25, 0.3) is 33.5 Å². The number of nitrogens with zero attached hydrogens (tertiary/aromatic N) is 5. The van der Waals surface area contributed by atoms with Gasteiger partial charge in [0, 0.05) is 40.0 Å². The van der Waals surface area contributed by atoms with Crippen LogP contribution in [0.4, 0.5) is 8.78 Å². The average Bonchev–Trinajstić information content (AvgIpc) is 3.28. The molecule has 0 saturated heterocycles. The Morgan fingerprint density at radius 3 is 2.66 bits per heavy atom. The lowest BCUT2D eigenvalue weighted by molar-refractivity contribution is 0.0890. The fraction of sp³-hybridized carbons (Fsp3) is 0.417. The van der Waals surface area contributed by atoms with E-state index in [1.54, 1.807) is 17.8 Å². The third-order valence-corrected chi connectivity index (χ3v) is 7.27. The van der Waals surface area contributed by atoms with Gasteiger partial charge < -0.3 is 14.6 Å². The van der Waals surface area contributed by atoms with Crippen molar-refractivity contribution in [1.29, 1.82) is 0 Å². The maximum absolute atomic E-state index is 14.7. The van der Waals surface area contributed by atoms with Gasteiger partial charge in [0.2, 0.25) is 0 Å². The third kappa shape index (κ3) is 5.25. The van der Waals surface area contributed by atoms with Gasteiger partial charge in [0.15, 0.2) is 5.65 Å². The minimum atomic E-state index is -1.24. The molecule has 0 radical (unpaired) electrons. The number of nitrogens with one attached hydrogen (secondary N) is 1. The Bertz CT molecular complexity index is 1410. The highest BCUT2D eigenvalue weighted by Crippen LogP contribution is 2.31. The van der Waals surface area contributed by atoms with Crippen LogP contribution in [-0.2, 0) is 18.5 Å². The largest absolute Gasteiger partial charge is 0.361 e. The van der Waals surface area contributed by atoms with Crippen LogP contribution >= 0.6 is 0 Å². The van der Waals surface area contributed by atoms with Gasteiger partial charge in [0.1, 0.15) is 35.3 Å². The summed E-state index contributed by atoms with van der Waals surface area (Å²) in [5.41, 5.74) is 1.97. The van der Waals surface area contributed by atoms with Gasteiger partial charge >= 0.3 is 0 Å². The van der Waals surface area contributed by atoms with Crippen molar-refractivity contribution in [2.45, 2.75) is 52.3 Å². The molecule has 1 aromatic carbocycles. The summed E-state index contributed by atoms with van der Waals surface area (Å²) in [7, 11) is 0.360. The Balaban J connectivity index is 1.78. The average molecular weight is 501 g/mol. The van der Waals surface area contributed by atoms with Gasteiger partial charge in [-0.05, 0) is 26.0 Å². The van der Waals surface area contributed by atoms with E-state index in [0.717, 1.165) is 12.1 Å². The summed E-state index contributed by atoms with van der Waals surface area (Å²) < 4.78 is 37.5. The zero-order valence-corrected chi connectivity index (χ0v) is 21.8. The smallest absolute Gasteiger partial charge is 0.255 e. The molecule has 1 amide bonds. The summed E-state index contributed by atoms with van der Waals surface area (Å²) in [6.45, 7) is 11.4. The number of amides is 1. The van der Waals surface area contributed by atoms with E-state index < -0.39 is 19.7 Å². The topological polar surface area (TPSA) is 86.9 Å². The molecule has 8 nitrogen and oxygen atoms in total. The number of fused-ring (bicyclic) bond motifs is 2. The van der Waals surface area contributed by atoms with Crippen molar-refractivity contribution in [1.82, 2.24) is 29.6 Å². The molecule has 186 valence electrons. The number of hydrogen-bond donors (Lipinski definition) is 1. The zero-order valence-electron chi connectivity index (χ0n) is 20.8. The van der Waals surface area contributed by atoms with Crippen molar-refractivity contribution in [2.24, 2.45) is 7.05 Å². The quantitative estimate of drug-likeness (QED) is 0.280. The number of aromatic nitrogens is 5. The SMILES string of the molecule is CC(C)NC(=O)c1cn(COCC[Si](C)(C)C)c2ncc(-c3nn(C)c4cc(F)cc(F)c34)nc12. The number of carbonyl (C=O) groups excluding carboxylic acids is 1. The van der Waals surface area contributed by atoms with E-state index >= 15 is 0 Å². The number of rotatable bonds is 8. The minimum Gasteiger partial charge on any atom is -0.361 e. The molecular formula is C24H30F2N6O2Si. The van der Waals surface area contributed by atoms with Gasteiger partial charge in [-0.15, -0.1) is 0 Å². The Labute approximate surface area is 203 Å². The number of halogens is 2. The molecule has 0 fully saturated rings. The fourth-order valence-electron chi connectivity index (χ4n) is 3.79. The normalized spacial score (nSPS) is 12.3. The van der Waals surface area contributed by atoms with Gasteiger partial charge in [0.25, 0.3) is 5.91 Å². The minimum absolute atomic E-state index is 0.0752. The first-order chi connectivity index (χ1) is 16.4. The van der Waals surface area contributed by atoms with Gasteiger partial charge in [-0.3, -0.25) is 9.48 Å². The van der Waals surface area contributed by atoms with Crippen molar-refractivity contribution in [3.63, 3.8) is 0 Å². The molecule has 11 heteroatoms. The first-order valence-corrected chi connectivity index (χ1v) is 15.2. The number of aryl methyl sites for hydroxylation is 1. The van der Waals surface area contributed by atoms with Crippen LogP contribution in [-0.4, -0.2) is 50.9 Å². The second-order valence-electron chi connectivity index (χ2n) is 10.2. The van der Waals surface area contributed by atoms with Crippen LogP contribution in [0.3, 0.4) is 0 Å². The van der Waals surface area contributed by atoms with Crippen molar-refractivity contribution < 1.29 is 18.3 Å². The summed E-state index contributed by atoms with van der Waals surface area (Å²) in [5.74, 6) is -1.72. The van der Waals surface area contributed by atoms with Crippen LogP contribution in [0, 0.1) is 11.6 Å². The number of benzene rings is 1. The second-order valence-corrected chi connectivity index (χ2v) is 15.8. The van der Waals surface area contributed by atoms with Gasteiger partial charge in [-0.2, -0.15) is 5.10 Å². The lowest BCUT2D eigenvalue weighted by atomic mass is 10.1. The fourth-order valence-corrected chi connectivity index (χ4v) is 4.55. The lowest BCUT2D eigenvalue weighted by Crippen LogP contribution is -2.30. The highest BCUT2D eigenvalue weighted by Gasteiger charge is 2.22. The molecular weight excluding hydrogens is 470 g/mol. The lowest BCUT2D eigenvalue weighted by Gasteiger charge is -2.15. The van der Waals surface area contributed by atoms with E-state index in [1.165, 1.54) is 16.9 Å². The summed E-state index contributed by atoms with van der Waals surface area (Å²) in [6.07, 6.45) is 3.16. The molecule has 3 heterocycles. The Morgan fingerprint density at radius 2 is 1.97 bits per heavy atom. The van der Waals surface area contributed by atoms with Crippen molar-refractivity contribution in [3.05, 3.63) is 41.7 Å². The number of carbonyl (C=O) groups is 1. The van der Waals surface area contributed by atoms with Crippen LogP contribution in [0.2, 0.25) is 25.7 Å². The van der Waals surface area contributed by atoms with Crippen molar-refractivity contribution in [2.75, 3.05) is 6.61 Å². The van der Waals surface area contributed by atoms with Gasteiger partial charge in [0.05, 0.1) is 22.7 Å². The van der Waals surface area contributed by atoms with Crippen LogP contribution in [0.15, 0.2) is 24.5 Å². The predicted molar refractivity (Wildman–Crippen MR) is 134 cm³/mol. The maximum atomic E-state index is 14.7. The molecule has 0 aliphatic heterocycles. The van der Waals surface area contributed by atoms with Crippen LogP contribution in [0.1, 0.15) is 24.2 Å². The maximum Gasteiger partial charge on any atom is 0.255 e. The Kier molecular flexibility index (Phi) is 6.74. The number of ether oxygens (including phenoxy) is 1. The summed E-state index contributed by atoms with van der Waals surface area (Å²) in [5, 5.41) is 7.39. The van der Waals surface area contributed by atoms with Crippen molar-refractivity contribution in [3.8, 4) is 11.4 Å². The van der Waals surface area contributed by atoms with Crippen molar-refractivity contribution >= 4 is 36.0 Å². The molecule has 0 aliphatic carbocycles. The van der Waals surface area contributed by atoms with Crippen LogP contribution < -0.4 is 5.32 Å². The highest BCUT2D eigenvalue weighted by molar-refractivity contribution is 6.76. The molecule has 4 rings (SSSR count). The Morgan fingerprint density at radius 1 is 1.23 bits per heavy atom. The highest BCUT2D eigenvalue weighted by atomic mass is 28.3. The van der Waals surface area contributed by atoms with E-state index in [4.69, 9.17) is 4.74 Å². The molecule has 35 heavy (non-hydrogen) atoms. The molecule has 0 bridgehead atoms. The van der Waals surface area contributed by atoms with E-state index in [0.29, 0.717) is 28.9 Å². The third-order valence-electron chi connectivity index (χ3n) is 5.57. The van der Waals surface area contributed by atoms with E-state index in [-0.39, 0.29) is 35.5 Å². The molecule has 0 aliphatic rings. The summed E-state index contributed by atoms with van der Waals surface area (Å²) >= 11 is 0. The van der Waals surface area contributed by atoms with E-state index in [1.807, 2.05) is 13.8 Å². The Hall–Kier alpha value is -3.18. The van der Waals surface area contributed by atoms with E-state index in [9.17, 15) is 13.6 Å². The monoisotopic (exact) mass is 500 g/mol. The molecule has 0 saturated carbocycles. The van der Waals surface area contributed by atoms with Gasteiger partial charge in [-0.25, -0.2) is 18.7 Å². The molecule has 0 unspecified atom stereocenters. The first kappa shape index (κ1) is 24.9. The molecule has 4 aromatic rings. The number of hydrogen-bond acceptors (Lipinski definition) is 5. The molecule has 1 N–H and O–H groups in total. The summed E-state index contributed by atoms with van der Waals surface area (Å²) in [6, 6.07) is 2.97. The second kappa shape index (κ2) is 9.46. The standard InChI is InChI=1S/C24H30F2N6O2Si/c1-14(2)28-24(33)16-12-32(13-34-7-8-35(4,5)6)23-21(16)29-18(11-27-23)22-20-17(26)9-15(25)10-19(20)31(3)30-22/h9-12,14H,7-8,13H2,1-6H3,(H,28,33). The molecule has 3 aromatic heterocycles. The molecule has 0 atom stereocenters. The van der Waals surface area contributed by atoms with Crippen LogP contribution in [0.5, 0.6) is 0 Å². The van der Waals surface area contributed by atoms with Gasteiger partial charge in [-0.1, -0.05) is 19.6 Å². The molecule has 0 spiro atoms. The summed E-state index contributed by atoms with van der Waals surface area (Å²) in [4.78, 5) is 22.1. The predicted octanol–water partition coefficient (Wildman–Crippen LogP) is 4.71. The zero-order chi connectivity index (χ0) is 25.5. The van der Waals surface area contributed by atoms with E-state index in [2.05, 4.69) is 40.0 Å². The first-order valence-electron chi connectivity index (χ1n) is 11.5.